The highest BCUT2D eigenvalue weighted by Gasteiger charge is 2.12. The number of ether oxygens (including phenoxy) is 5. The van der Waals surface area contributed by atoms with Gasteiger partial charge in [-0.05, 0) is 42.2 Å². The lowest BCUT2D eigenvalue weighted by Gasteiger charge is -2.16. The largest absolute Gasteiger partial charge is 0.490 e. The molecule has 1 aromatic carbocycles. The summed E-state index contributed by atoms with van der Waals surface area (Å²) in [4.78, 5) is 24.0. The smallest absolute Gasteiger partial charge is 0.246 e. The molecule has 0 bridgehead atoms. The Morgan fingerprint density at radius 1 is 1.00 bits per heavy atom. The van der Waals surface area contributed by atoms with Crippen LogP contribution in [0.15, 0.2) is 36.4 Å². The van der Waals surface area contributed by atoms with Crippen molar-refractivity contribution in [3.8, 4) is 11.2 Å². The van der Waals surface area contributed by atoms with Crippen LogP contribution in [0.5, 0.6) is 5.75 Å². The molecule has 0 heterocycles. The van der Waals surface area contributed by atoms with Crippen molar-refractivity contribution < 1.29 is 33.3 Å². The summed E-state index contributed by atoms with van der Waals surface area (Å²) in [6.45, 7) is 11.3. The maximum absolute atomic E-state index is 12.2. The first-order valence-electron chi connectivity index (χ1n) is 13.7. The highest BCUT2D eigenvalue weighted by atomic mass is 32.2. The maximum Gasteiger partial charge on any atom is 0.246 e. The number of hydrogen-bond acceptors (Lipinski definition) is 9. The molecule has 2 amide bonds. The predicted octanol–water partition coefficient (Wildman–Crippen LogP) is 4.38. The lowest BCUT2D eigenvalue weighted by molar-refractivity contribution is -0.126. The molecule has 0 spiro atoms. The Labute approximate surface area is 243 Å². The summed E-state index contributed by atoms with van der Waals surface area (Å²) >= 11 is 0.932. The Kier molecular flexibility index (Phi) is 20.5. The second-order valence-electron chi connectivity index (χ2n) is 9.58. The number of thioether (sulfide) groups is 1. The lowest BCUT2D eigenvalue weighted by Crippen LogP contribution is -2.28. The van der Waals surface area contributed by atoms with Gasteiger partial charge in [0, 0.05) is 24.9 Å². The third-order valence-electron chi connectivity index (χ3n) is 5.08. The molecule has 0 aromatic heterocycles. The Bertz CT molecular complexity index is 906. The van der Waals surface area contributed by atoms with Crippen molar-refractivity contribution in [2.45, 2.75) is 46.0 Å². The molecule has 0 aliphatic heterocycles. The van der Waals surface area contributed by atoms with Gasteiger partial charge in [0.25, 0.3) is 0 Å². The fraction of sp³-hybridized carbons (Fsp3) is 0.621. The number of nitrogens with one attached hydrogen (secondary N) is 2. The van der Waals surface area contributed by atoms with Gasteiger partial charge in [-0.3, -0.25) is 9.59 Å². The third-order valence-corrected chi connectivity index (χ3v) is 5.72. The zero-order valence-corrected chi connectivity index (χ0v) is 25.0. The van der Waals surface area contributed by atoms with E-state index in [0.29, 0.717) is 56.2 Å². The van der Waals surface area contributed by atoms with Gasteiger partial charge in [-0.25, -0.2) is 0 Å². The van der Waals surface area contributed by atoms with Crippen LogP contribution in [0.25, 0.3) is 0 Å². The number of nitrogens with zero attached hydrogens (tertiary/aromatic N) is 1. The molecule has 40 heavy (non-hydrogen) atoms. The molecule has 0 aliphatic rings. The number of allylic oxidation sites excluding steroid dienone is 1. The molecule has 1 atom stereocenters. The van der Waals surface area contributed by atoms with Gasteiger partial charge in [0.05, 0.1) is 39.5 Å². The van der Waals surface area contributed by atoms with Crippen LogP contribution in [-0.2, 0) is 28.5 Å². The number of anilines is 1. The average Bonchev–Trinajstić information content (AvgIpc) is 2.91. The maximum atomic E-state index is 12.2. The molecule has 0 radical (unpaired) electrons. The average molecular weight is 580 g/mol. The molecule has 0 aliphatic carbocycles. The highest BCUT2D eigenvalue weighted by Crippen LogP contribution is 2.20. The first-order valence-corrected chi connectivity index (χ1v) is 14.5. The number of benzene rings is 1. The van der Waals surface area contributed by atoms with Crippen LogP contribution in [0.1, 0.15) is 40.5 Å². The molecule has 0 saturated heterocycles. The highest BCUT2D eigenvalue weighted by molar-refractivity contribution is 8.04. The minimum absolute atomic E-state index is 0.0665. The quantitative estimate of drug-likeness (QED) is 0.0840. The van der Waals surface area contributed by atoms with Crippen molar-refractivity contribution in [1.82, 2.24) is 5.32 Å². The van der Waals surface area contributed by atoms with Crippen LogP contribution < -0.4 is 15.4 Å². The predicted molar refractivity (Wildman–Crippen MR) is 157 cm³/mol. The van der Waals surface area contributed by atoms with Gasteiger partial charge in [0.2, 0.25) is 11.8 Å². The zero-order valence-electron chi connectivity index (χ0n) is 24.2. The number of thiocyanates is 1. The van der Waals surface area contributed by atoms with Gasteiger partial charge in [0.15, 0.2) is 5.44 Å². The van der Waals surface area contributed by atoms with Crippen LogP contribution >= 0.6 is 11.8 Å². The molecule has 0 fully saturated rings. The van der Waals surface area contributed by atoms with E-state index in [1.165, 1.54) is 0 Å². The zero-order chi connectivity index (χ0) is 29.4. The van der Waals surface area contributed by atoms with Crippen LogP contribution in [0, 0.1) is 22.5 Å². The Hall–Kier alpha value is -2.62. The summed E-state index contributed by atoms with van der Waals surface area (Å²) in [6.07, 6.45) is 5.16. The van der Waals surface area contributed by atoms with E-state index in [4.69, 9.17) is 28.9 Å². The molecule has 1 rings (SSSR count). The van der Waals surface area contributed by atoms with Crippen LogP contribution in [0.3, 0.4) is 0 Å². The molecule has 0 saturated carbocycles. The monoisotopic (exact) mass is 579 g/mol. The van der Waals surface area contributed by atoms with E-state index in [1.807, 2.05) is 17.6 Å². The van der Waals surface area contributed by atoms with Gasteiger partial charge in [0.1, 0.15) is 24.4 Å². The van der Waals surface area contributed by atoms with E-state index in [-0.39, 0.29) is 44.7 Å². The Morgan fingerprint density at radius 2 is 1.75 bits per heavy atom. The molecular weight excluding hydrogens is 534 g/mol. The summed E-state index contributed by atoms with van der Waals surface area (Å²) in [5, 5.41) is 16.6. The normalized spacial score (nSPS) is 12.0. The van der Waals surface area contributed by atoms with Crippen molar-refractivity contribution in [2.24, 2.45) is 11.8 Å². The van der Waals surface area contributed by atoms with E-state index in [9.17, 15) is 9.59 Å². The number of nitriles is 1. The van der Waals surface area contributed by atoms with Crippen LogP contribution in [0.4, 0.5) is 5.69 Å². The van der Waals surface area contributed by atoms with Gasteiger partial charge < -0.3 is 34.3 Å². The fourth-order valence-corrected chi connectivity index (χ4v) is 3.42. The molecule has 11 heteroatoms. The van der Waals surface area contributed by atoms with Crippen LogP contribution in [0.2, 0.25) is 0 Å². The standard InChI is InChI=1S/C29H45N3O7S/c1-23(2)7-6-12-31-28(34)20-37-17-18-38-29(40-22-30)21-39-26-9-5-8-25(19-26)32-27(33)11-14-36-16-15-35-13-10-24(3)4/h5-9,19,23-24,29H,10-18,20-21H2,1-4H3,(H,31,34)(H,32,33)/b7-6+. The number of carbonyl (C=O) groups is 2. The summed E-state index contributed by atoms with van der Waals surface area (Å²) in [5.74, 6) is 1.20. The summed E-state index contributed by atoms with van der Waals surface area (Å²) in [7, 11) is 0. The van der Waals surface area contributed by atoms with Crippen molar-refractivity contribution >= 4 is 29.3 Å². The topological polar surface area (TPSA) is 128 Å². The minimum atomic E-state index is -0.548. The third kappa shape index (κ3) is 20.3. The Balaban J connectivity index is 2.26. The number of rotatable bonds is 23. The van der Waals surface area contributed by atoms with Crippen molar-refractivity contribution in [2.75, 3.05) is 64.7 Å². The summed E-state index contributed by atoms with van der Waals surface area (Å²) in [5.41, 5.74) is 0.0460. The van der Waals surface area contributed by atoms with Gasteiger partial charge in [-0.2, -0.15) is 5.26 Å². The van der Waals surface area contributed by atoms with E-state index in [1.54, 1.807) is 24.3 Å². The minimum Gasteiger partial charge on any atom is -0.490 e. The Morgan fingerprint density at radius 3 is 2.48 bits per heavy atom. The van der Waals surface area contributed by atoms with E-state index in [2.05, 4.69) is 38.3 Å². The SMILES string of the molecule is CC(C)/C=C/CNC(=O)COCCOC(COc1cccc(NC(=O)CCOCCOCCC(C)C)c1)SC#N. The molecule has 1 aromatic rings. The van der Waals surface area contributed by atoms with Crippen molar-refractivity contribution in [1.29, 1.82) is 5.26 Å². The molecular formula is C29H45N3O7S. The number of amides is 2. The molecule has 224 valence electrons. The van der Waals surface area contributed by atoms with Crippen LogP contribution in [-0.4, -0.2) is 76.7 Å². The summed E-state index contributed by atoms with van der Waals surface area (Å²) < 4.78 is 27.7. The first-order chi connectivity index (χ1) is 19.3. The number of carbonyl (C=O) groups excluding carboxylic acids is 2. The van der Waals surface area contributed by atoms with E-state index in [0.717, 1.165) is 18.2 Å². The van der Waals surface area contributed by atoms with Crippen molar-refractivity contribution in [3.63, 3.8) is 0 Å². The van der Waals surface area contributed by atoms with E-state index < -0.39 is 5.44 Å². The van der Waals surface area contributed by atoms with Gasteiger partial charge in [-0.15, -0.1) is 0 Å². The molecule has 10 nitrogen and oxygen atoms in total. The fourth-order valence-electron chi connectivity index (χ4n) is 3.00. The first kappa shape index (κ1) is 35.4. The lowest BCUT2D eigenvalue weighted by atomic mass is 10.1. The van der Waals surface area contributed by atoms with E-state index >= 15 is 0 Å². The molecule has 1 unspecified atom stereocenters. The second-order valence-corrected chi connectivity index (χ2v) is 10.5. The van der Waals surface area contributed by atoms with Gasteiger partial charge >= 0.3 is 0 Å². The second kappa shape index (κ2) is 23.1. The summed E-state index contributed by atoms with van der Waals surface area (Å²) in [6, 6.07) is 6.98. The number of hydrogen-bond donors (Lipinski definition) is 2. The van der Waals surface area contributed by atoms with Gasteiger partial charge in [-0.1, -0.05) is 45.9 Å². The van der Waals surface area contributed by atoms with Crippen molar-refractivity contribution in [3.05, 3.63) is 36.4 Å². The molecule has 2 N–H and O–H groups in total.